The van der Waals surface area contributed by atoms with Crippen molar-refractivity contribution in [2.24, 2.45) is 11.8 Å². The van der Waals surface area contributed by atoms with Crippen molar-refractivity contribution in [2.75, 3.05) is 0 Å². The Labute approximate surface area is 128 Å². The van der Waals surface area contributed by atoms with Gasteiger partial charge in [-0.3, -0.25) is 9.59 Å². The maximum absolute atomic E-state index is 12.5. The van der Waals surface area contributed by atoms with Gasteiger partial charge in [-0.15, -0.1) is 0 Å². The lowest BCUT2D eigenvalue weighted by Crippen LogP contribution is -2.65. The molecule has 4 aliphatic rings. The zero-order valence-corrected chi connectivity index (χ0v) is 12.6. The second-order valence-electron chi connectivity index (χ2n) is 7.55. The average molecular weight is 304 g/mol. The van der Waals surface area contributed by atoms with Crippen LogP contribution in [0.3, 0.4) is 0 Å². The Balaban J connectivity index is 1.60. The van der Waals surface area contributed by atoms with E-state index in [9.17, 15) is 14.7 Å². The van der Waals surface area contributed by atoms with Crippen LogP contribution in [0, 0.1) is 18.8 Å². The predicted molar refractivity (Wildman–Crippen MR) is 76.5 cm³/mol. The molecule has 118 valence electrons. The van der Waals surface area contributed by atoms with Crippen LogP contribution in [0.2, 0.25) is 0 Å². The zero-order valence-electron chi connectivity index (χ0n) is 12.6. The first-order valence-electron chi connectivity index (χ1n) is 7.88. The van der Waals surface area contributed by atoms with E-state index < -0.39 is 11.5 Å². The molecular formula is C16H20N2O4. The fourth-order valence-electron chi connectivity index (χ4n) is 5.34. The second-order valence-corrected chi connectivity index (χ2v) is 7.55. The molecule has 2 unspecified atom stereocenters. The fraction of sp³-hybridized carbons (Fsp3) is 0.688. The number of hydrogen-bond donors (Lipinski definition) is 2. The Hall–Kier alpha value is -1.69. The van der Waals surface area contributed by atoms with Gasteiger partial charge in [-0.1, -0.05) is 5.16 Å². The number of aromatic nitrogens is 1. The van der Waals surface area contributed by atoms with E-state index in [1.807, 2.05) is 0 Å². The van der Waals surface area contributed by atoms with Crippen molar-refractivity contribution in [2.45, 2.75) is 56.6 Å². The third-order valence-corrected chi connectivity index (χ3v) is 5.64. The van der Waals surface area contributed by atoms with Gasteiger partial charge in [0.2, 0.25) is 5.76 Å². The first-order valence-corrected chi connectivity index (χ1v) is 7.88. The second kappa shape index (κ2) is 4.41. The summed E-state index contributed by atoms with van der Waals surface area (Å²) in [5.41, 5.74) is -0.371. The third kappa shape index (κ3) is 2.00. The number of aryl methyl sites for hydroxylation is 1. The van der Waals surface area contributed by atoms with E-state index in [1.165, 1.54) is 0 Å². The first kappa shape index (κ1) is 13.9. The normalized spacial score (nSPS) is 39.0. The molecule has 0 radical (unpaired) electrons. The van der Waals surface area contributed by atoms with Gasteiger partial charge in [0.15, 0.2) is 6.29 Å². The maximum atomic E-state index is 12.5. The fourth-order valence-corrected chi connectivity index (χ4v) is 5.34. The van der Waals surface area contributed by atoms with E-state index in [-0.39, 0.29) is 16.9 Å². The molecule has 4 aliphatic carbocycles. The van der Waals surface area contributed by atoms with E-state index in [0.29, 0.717) is 30.2 Å². The van der Waals surface area contributed by atoms with Gasteiger partial charge in [-0.2, -0.15) is 0 Å². The number of rotatable bonds is 3. The van der Waals surface area contributed by atoms with Crippen LogP contribution in [-0.2, 0) is 0 Å². The van der Waals surface area contributed by atoms with Gasteiger partial charge < -0.3 is 14.9 Å². The molecule has 1 heterocycles. The zero-order chi connectivity index (χ0) is 15.5. The van der Waals surface area contributed by atoms with Crippen molar-refractivity contribution in [3.8, 4) is 0 Å². The van der Waals surface area contributed by atoms with Crippen LogP contribution < -0.4 is 5.32 Å². The van der Waals surface area contributed by atoms with Crippen molar-refractivity contribution >= 4 is 12.2 Å². The molecule has 4 bridgehead atoms. The Morgan fingerprint density at radius 2 is 2.05 bits per heavy atom. The van der Waals surface area contributed by atoms with Crippen LogP contribution in [0.4, 0.5) is 0 Å². The van der Waals surface area contributed by atoms with E-state index in [0.717, 1.165) is 32.1 Å². The van der Waals surface area contributed by atoms with Gasteiger partial charge in [0.25, 0.3) is 5.91 Å². The van der Waals surface area contributed by atoms with Crippen molar-refractivity contribution in [1.82, 2.24) is 10.5 Å². The molecule has 0 aliphatic heterocycles. The molecule has 5 rings (SSSR count). The highest BCUT2D eigenvalue weighted by Crippen LogP contribution is 2.57. The standard InChI is InChI=1S/C16H20N2O4/c1-9-12(7-19)13(22-18-9)14(20)17-15-3-10-2-11(4-15)6-16(21,5-10)8-15/h7,10-11,21H,2-6,8H2,1H3,(H,17,20). The molecule has 6 nitrogen and oxygen atoms in total. The van der Waals surface area contributed by atoms with Gasteiger partial charge in [0, 0.05) is 5.54 Å². The van der Waals surface area contributed by atoms with Crippen LogP contribution >= 0.6 is 0 Å². The molecule has 0 aromatic carbocycles. The summed E-state index contributed by atoms with van der Waals surface area (Å²) in [7, 11) is 0. The summed E-state index contributed by atoms with van der Waals surface area (Å²) >= 11 is 0. The van der Waals surface area contributed by atoms with Gasteiger partial charge >= 0.3 is 0 Å². The minimum absolute atomic E-state index is 0.0183. The summed E-state index contributed by atoms with van der Waals surface area (Å²) in [4.78, 5) is 23.6. The summed E-state index contributed by atoms with van der Waals surface area (Å²) < 4.78 is 5.03. The molecule has 0 spiro atoms. The Morgan fingerprint density at radius 1 is 1.36 bits per heavy atom. The highest BCUT2D eigenvalue weighted by atomic mass is 16.5. The smallest absolute Gasteiger partial charge is 0.291 e. The van der Waals surface area contributed by atoms with Crippen LogP contribution in [0.15, 0.2) is 4.52 Å². The summed E-state index contributed by atoms with van der Waals surface area (Å²) in [6.45, 7) is 1.64. The molecule has 4 saturated carbocycles. The number of amides is 1. The molecule has 4 fully saturated rings. The highest BCUT2D eigenvalue weighted by molar-refractivity contribution is 5.99. The van der Waals surface area contributed by atoms with Gasteiger partial charge in [-0.05, 0) is 57.3 Å². The van der Waals surface area contributed by atoms with Crippen molar-refractivity contribution in [3.05, 3.63) is 17.0 Å². The maximum Gasteiger partial charge on any atom is 0.291 e. The Bertz CT molecular complexity index is 637. The summed E-state index contributed by atoms with van der Waals surface area (Å²) in [6.07, 6.45) is 5.86. The largest absolute Gasteiger partial charge is 0.390 e. The number of hydrogen-bond acceptors (Lipinski definition) is 5. The number of carbonyl (C=O) groups excluding carboxylic acids is 2. The number of aliphatic hydroxyl groups is 1. The summed E-state index contributed by atoms with van der Waals surface area (Å²) in [5, 5.41) is 17.5. The summed E-state index contributed by atoms with van der Waals surface area (Å²) in [5.74, 6) is 0.547. The number of carbonyl (C=O) groups is 2. The summed E-state index contributed by atoms with van der Waals surface area (Å²) in [6, 6.07) is 0. The van der Waals surface area contributed by atoms with E-state index in [4.69, 9.17) is 4.52 Å². The molecule has 2 atom stereocenters. The van der Waals surface area contributed by atoms with Gasteiger partial charge in [0.1, 0.15) is 0 Å². The lowest BCUT2D eigenvalue weighted by molar-refractivity contribution is -0.139. The van der Waals surface area contributed by atoms with E-state index >= 15 is 0 Å². The van der Waals surface area contributed by atoms with Crippen LogP contribution in [0.25, 0.3) is 0 Å². The van der Waals surface area contributed by atoms with Crippen molar-refractivity contribution in [3.63, 3.8) is 0 Å². The first-order chi connectivity index (χ1) is 10.4. The highest BCUT2D eigenvalue weighted by Gasteiger charge is 2.57. The Kier molecular flexibility index (Phi) is 2.79. The molecule has 6 heteroatoms. The lowest BCUT2D eigenvalue weighted by Gasteiger charge is -2.60. The molecular weight excluding hydrogens is 284 g/mol. The Morgan fingerprint density at radius 3 is 2.64 bits per heavy atom. The topological polar surface area (TPSA) is 92.4 Å². The van der Waals surface area contributed by atoms with Crippen LogP contribution in [-0.4, -0.2) is 33.6 Å². The molecule has 22 heavy (non-hydrogen) atoms. The molecule has 0 saturated heterocycles. The lowest BCUT2D eigenvalue weighted by atomic mass is 9.51. The van der Waals surface area contributed by atoms with E-state index in [2.05, 4.69) is 10.5 Å². The minimum atomic E-state index is -0.637. The van der Waals surface area contributed by atoms with Crippen LogP contribution in [0.5, 0.6) is 0 Å². The molecule has 1 amide bonds. The predicted octanol–water partition coefficient (Wildman–Crippen LogP) is 1.61. The number of aldehydes is 1. The van der Waals surface area contributed by atoms with Crippen molar-refractivity contribution in [1.29, 1.82) is 0 Å². The number of nitrogens with one attached hydrogen (secondary N) is 1. The van der Waals surface area contributed by atoms with Crippen LogP contribution in [0.1, 0.15) is 65.1 Å². The number of nitrogens with zero attached hydrogens (tertiary/aromatic N) is 1. The molecule has 1 aromatic rings. The average Bonchev–Trinajstić information content (AvgIpc) is 2.76. The SMILES string of the molecule is Cc1noc(C(=O)NC23CC4CC(CC(O)(C4)C2)C3)c1C=O. The molecule has 2 N–H and O–H groups in total. The molecule has 1 aromatic heterocycles. The van der Waals surface area contributed by atoms with Gasteiger partial charge in [-0.25, -0.2) is 0 Å². The third-order valence-electron chi connectivity index (χ3n) is 5.64. The monoisotopic (exact) mass is 304 g/mol. The van der Waals surface area contributed by atoms with E-state index in [1.54, 1.807) is 6.92 Å². The quantitative estimate of drug-likeness (QED) is 0.828. The van der Waals surface area contributed by atoms with Crippen molar-refractivity contribution < 1.29 is 19.2 Å². The minimum Gasteiger partial charge on any atom is -0.390 e. The van der Waals surface area contributed by atoms with Gasteiger partial charge in [0.05, 0.1) is 16.9 Å².